The average molecular weight is 412 g/mol. The molecule has 2 atom stereocenters. The van der Waals surface area contributed by atoms with Gasteiger partial charge in [0.25, 0.3) is 0 Å². The van der Waals surface area contributed by atoms with Gasteiger partial charge in [-0.05, 0) is 53.9 Å². The molecule has 5 rings (SSSR count). The van der Waals surface area contributed by atoms with Gasteiger partial charge in [-0.3, -0.25) is 4.98 Å². The molecule has 5 heteroatoms. The van der Waals surface area contributed by atoms with Gasteiger partial charge in [0, 0.05) is 42.4 Å². The lowest BCUT2D eigenvalue weighted by Crippen LogP contribution is -2.34. The first-order valence-corrected chi connectivity index (χ1v) is 10.7. The molecule has 0 amide bonds. The summed E-state index contributed by atoms with van der Waals surface area (Å²) in [6.45, 7) is 4.11. The highest BCUT2D eigenvalue weighted by molar-refractivity contribution is 6.03. The van der Waals surface area contributed by atoms with Gasteiger partial charge in [0.1, 0.15) is 0 Å². The van der Waals surface area contributed by atoms with E-state index in [2.05, 4.69) is 64.6 Å². The number of fused-ring (bicyclic) bond motifs is 2. The van der Waals surface area contributed by atoms with E-state index in [0.717, 1.165) is 30.7 Å². The molecule has 0 aliphatic carbocycles. The fraction of sp³-hybridized carbons (Fsp3) is 0.231. The summed E-state index contributed by atoms with van der Waals surface area (Å²) in [6.07, 6.45) is 2.63. The Kier molecular flexibility index (Phi) is 5.04. The summed E-state index contributed by atoms with van der Waals surface area (Å²) in [7, 11) is 0. The number of aromatic carboxylic acids is 1. The SMILES string of the molecule is C[C@@H](N[C@H]1CCN(c2ccc3c(C(=O)O)ccnc3c2)C1)c1cccc2ccccc12. The fourth-order valence-corrected chi connectivity index (χ4v) is 4.72. The third kappa shape index (κ3) is 3.73. The number of rotatable bonds is 5. The molecule has 1 saturated heterocycles. The molecule has 0 spiro atoms. The Hall–Kier alpha value is -3.44. The number of pyridine rings is 1. The summed E-state index contributed by atoms with van der Waals surface area (Å²) in [5.74, 6) is -0.923. The molecule has 1 fully saturated rings. The minimum atomic E-state index is -0.923. The Bertz CT molecular complexity index is 1260. The predicted molar refractivity (Wildman–Crippen MR) is 125 cm³/mol. The number of benzene rings is 3. The van der Waals surface area contributed by atoms with Crippen LogP contribution in [0.1, 0.15) is 35.3 Å². The minimum absolute atomic E-state index is 0.257. The van der Waals surface area contributed by atoms with E-state index in [-0.39, 0.29) is 6.04 Å². The molecule has 156 valence electrons. The number of aromatic nitrogens is 1. The maximum absolute atomic E-state index is 11.5. The van der Waals surface area contributed by atoms with Crippen LogP contribution >= 0.6 is 0 Å². The number of hydrogen-bond acceptors (Lipinski definition) is 4. The van der Waals surface area contributed by atoms with Crippen LogP contribution in [0.15, 0.2) is 72.9 Å². The van der Waals surface area contributed by atoms with Gasteiger partial charge in [0.15, 0.2) is 0 Å². The molecule has 0 saturated carbocycles. The van der Waals surface area contributed by atoms with E-state index in [9.17, 15) is 9.90 Å². The lowest BCUT2D eigenvalue weighted by molar-refractivity contribution is 0.0699. The second-order valence-electron chi connectivity index (χ2n) is 8.25. The van der Waals surface area contributed by atoms with E-state index in [0.29, 0.717) is 17.0 Å². The molecule has 1 aliphatic heterocycles. The van der Waals surface area contributed by atoms with Gasteiger partial charge in [-0.15, -0.1) is 0 Å². The zero-order valence-electron chi connectivity index (χ0n) is 17.5. The molecule has 1 aromatic heterocycles. The molecule has 0 radical (unpaired) electrons. The Morgan fingerprint density at radius 2 is 1.94 bits per heavy atom. The molecule has 0 unspecified atom stereocenters. The lowest BCUT2D eigenvalue weighted by atomic mass is 9.99. The van der Waals surface area contributed by atoms with Gasteiger partial charge in [0.05, 0.1) is 11.1 Å². The van der Waals surface area contributed by atoms with Crippen LogP contribution in [0.5, 0.6) is 0 Å². The summed E-state index contributed by atoms with van der Waals surface area (Å²) in [5, 5.41) is 16.5. The van der Waals surface area contributed by atoms with Crippen molar-refractivity contribution in [1.82, 2.24) is 10.3 Å². The van der Waals surface area contributed by atoms with Crippen molar-refractivity contribution in [2.24, 2.45) is 0 Å². The van der Waals surface area contributed by atoms with Gasteiger partial charge in [-0.25, -0.2) is 4.79 Å². The van der Waals surface area contributed by atoms with Crippen molar-refractivity contribution in [3.05, 3.63) is 84.1 Å². The first-order chi connectivity index (χ1) is 15.1. The van der Waals surface area contributed by atoms with Gasteiger partial charge < -0.3 is 15.3 Å². The fourth-order valence-electron chi connectivity index (χ4n) is 4.72. The largest absolute Gasteiger partial charge is 0.478 e. The summed E-state index contributed by atoms with van der Waals surface area (Å²) in [6, 6.07) is 23.1. The van der Waals surface area contributed by atoms with Crippen molar-refractivity contribution in [3.63, 3.8) is 0 Å². The minimum Gasteiger partial charge on any atom is -0.478 e. The highest BCUT2D eigenvalue weighted by Gasteiger charge is 2.25. The second-order valence-corrected chi connectivity index (χ2v) is 8.25. The quantitative estimate of drug-likeness (QED) is 0.483. The summed E-state index contributed by atoms with van der Waals surface area (Å²) < 4.78 is 0. The van der Waals surface area contributed by atoms with Crippen LogP contribution in [0.25, 0.3) is 21.7 Å². The van der Waals surface area contributed by atoms with Crippen molar-refractivity contribution in [2.75, 3.05) is 18.0 Å². The van der Waals surface area contributed by atoms with E-state index in [1.165, 1.54) is 16.3 Å². The first kappa shape index (κ1) is 19.5. The topological polar surface area (TPSA) is 65.5 Å². The van der Waals surface area contributed by atoms with Crippen molar-refractivity contribution in [1.29, 1.82) is 0 Å². The smallest absolute Gasteiger partial charge is 0.336 e. The summed E-state index contributed by atoms with van der Waals surface area (Å²) in [4.78, 5) is 18.2. The maximum Gasteiger partial charge on any atom is 0.336 e. The molecular weight excluding hydrogens is 386 g/mol. The summed E-state index contributed by atoms with van der Waals surface area (Å²) in [5.41, 5.74) is 3.43. The molecular formula is C26H25N3O2. The van der Waals surface area contributed by atoms with E-state index in [1.54, 1.807) is 12.3 Å². The molecule has 2 N–H and O–H groups in total. The van der Waals surface area contributed by atoms with Crippen LogP contribution in [0.4, 0.5) is 5.69 Å². The number of hydrogen-bond donors (Lipinski definition) is 2. The van der Waals surface area contributed by atoms with Gasteiger partial charge in [0.2, 0.25) is 0 Å². The summed E-state index contributed by atoms with van der Waals surface area (Å²) >= 11 is 0. The highest BCUT2D eigenvalue weighted by Crippen LogP contribution is 2.28. The number of carboxylic acid groups (broad SMARTS) is 1. The normalized spacial score (nSPS) is 17.3. The van der Waals surface area contributed by atoms with Gasteiger partial charge in [-0.2, -0.15) is 0 Å². The van der Waals surface area contributed by atoms with Crippen molar-refractivity contribution in [2.45, 2.75) is 25.4 Å². The standard InChI is InChI=1S/C26H25N3O2/c1-17(21-8-4-6-18-5-2-3-7-22(18)21)28-19-12-14-29(16-19)20-9-10-23-24(26(30)31)11-13-27-25(23)15-20/h2-11,13,15,17,19,28H,12,14,16H2,1H3,(H,30,31)/t17-,19+/m1/s1. The molecule has 2 heterocycles. The van der Waals surface area contributed by atoms with E-state index < -0.39 is 5.97 Å². The van der Waals surface area contributed by atoms with E-state index in [1.807, 2.05) is 18.2 Å². The highest BCUT2D eigenvalue weighted by atomic mass is 16.4. The zero-order valence-corrected chi connectivity index (χ0v) is 17.5. The van der Waals surface area contributed by atoms with Crippen LogP contribution in [0.3, 0.4) is 0 Å². The van der Waals surface area contributed by atoms with E-state index >= 15 is 0 Å². The van der Waals surface area contributed by atoms with Crippen molar-refractivity contribution in [3.8, 4) is 0 Å². The monoisotopic (exact) mass is 411 g/mol. The average Bonchev–Trinajstić information content (AvgIpc) is 3.26. The molecule has 31 heavy (non-hydrogen) atoms. The second kappa shape index (κ2) is 8.00. The maximum atomic E-state index is 11.5. The number of nitrogens with zero attached hydrogens (tertiary/aromatic N) is 2. The van der Waals surface area contributed by atoms with Crippen LogP contribution in [0.2, 0.25) is 0 Å². The Morgan fingerprint density at radius 3 is 2.81 bits per heavy atom. The van der Waals surface area contributed by atoms with Crippen molar-refractivity contribution < 1.29 is 9.90 Å². The van der Waals surface area contributed by atoms with Crippen molar-refractivity contribution >= 4 is 33.3 Å². The Labute approximate surface area is 181 Å². The Morgan fingerprint density at radius 1 is 1.10 bits per heavy atom. The molecule has 0 bridgehead atoms. The Balaban J connectivity index is 1.32. The van der Waals surface area contributed by atoms with Crippen LogP contribution < -0.4 is 10.2 Å². The van der Waals surface area contributed by atoms with E-state index in [4.69, 9.17) is 0 Å². The molecule has 4 aromatic rings. The van der Waals surface area contributed by atoms with Crippen LogP contribution in [-0.4, -0.2) is 35.2 Å². The zero-order chi connectivity index (χ0) is 21.4. The third-order valence-corrected chi connectivity index (χ3v) is 6.29. The first-order valence-electron chi connectivity index (χ1n) is 10.7. The molecule has 5 nitrogen and oxygen atoms in total. The third-order valence-electron chi connectivity index (χ3n) is 6.29. The van der Waals surface area contributed by atoms with Gasteiger partial charge in [-0.1, -0.05) is 42.5 Å². The van der Waals surface area contributed by atoms with Crippen LogP contribution in [0, 0.1) is 0 Å². The molecule has 1 aliphatic rings. The number of carboxylic acids is 1. The number of anilines is 1. The molecule has 3 aromatic carbocycles. The number of nitrogens with one attached hydrogen (secondary N) is 1. The van der Waals surface area contributed by atoms with Crippen LogP contribution in [-0.2, 0) is 0 Å². The predicted octanol–water partition coefficient (Wildman–Crippen LogP) is 5.02. The van der Waals surface area contributed by atoms with Gasteiger partial charge >= 0.3 is 5.97 Å². The number of carbonyl (C=O) groups is 1. The lowest BCUT2D eigenvalue weighted by Gasteiger charge is -2.23.